The van der Waals surface area contributed by atoms with Crippen LogP contribution in [0.1, 0.15) is 16.5 Å². The van der Waals surface area contributed by atoms with E-state index >= 15 is 0 Å². The minimum atomic E-state index is 0.331. The van der Waals surface area contributed by atoms with Gasteiger partial charge in [-0.3, -0.25) is 0 Å². The van der Waals surface area contributed by atoms with E-state index in [1.807, 2.05) is 6.07 Å². The molecule has 0 spiro atoms. The van der Waals surface area contributed by atoms with Crippen LogP contribution < -0.4 is 5.32 Å². The van der Waals surface area contributed by atoms with Gasteiger partial charge in [0.2, 0.25) is 4.96 Å². The molecule has 0 fully saturated rings. The summed E-state index contributed by atoms with van der Waals surface area (Å²) in [5, 5.41) is 16.9. The molecule has 4 rings (SSSR count). The monoisotopic (exact) mass is 243 g/mol. The maximum atomic E-state index is 4.52. The summed E-state index contributed by atoms with van der Waals surface area (Å²) in [6, 6.07) is 8.38. The van der Waals surface area contributed by atoms with Gasteiger partial charge in [0.15, 0.2) is 0 Å². The third kappa shape index (κ3) is 1.27. The van der Waals surface area contributed by atoms with Gasteiger partial charge in [0.05, 0.1) is 5.92 Å². The van der Waals surface area contributed by atoms with E-state index in [-0.39, 0.29) is 0 Å². The van der Waals surface area contributed by atoms with Gasteiger partial charge in [-0.25, -0.2) is 0 Å². The first-order valence-corrected chi connectivity index (χ1v) is 6.23. The summed E-state index contributed by atoms with van der Waals surface area (Å²) in [4.78, 5) is 0.851. The number of hydrogen-bond donors (Lipinski definition) is 1. The summed E-state index contributed by atoms with van der Waals surface area (Å²) in [6.45, 7) is 0.906. The molecule has 1 atom stereocenters. The Labute approximate surface area is 101 Å². The summed E-state index contributed by atoms with van der Waals surface area (Å²) in [6.07, 6.45) is 1.64. The Morgan fingerprint density at radius 1 is 1.35 bits per heavy atom. The molecular weight excluding hydrogens is 234 g/mol. The minimum Gasteiger partial charge on any atom is -0.384 e. The Hall–Kier alpha value is -1.95. The van der Waals surface area contributed by atoms with Crippen molar-refractivity contribution in [2.24, 2.45) is 0 Å². The van der Waals surface area contributed by atoms with Gasteiger partial charge in [0.1, 0.15) is 11.3 Å². The molecule has 3 heterocycles. The van der Waals surface area contributed by atoms with Crippen LogP contribution in [0.15, 0.2) is 30.6 Å². The quantitative estimate of drug-likeness (QED) is 0.707. The van der Waals surface area contributed by atoms with Crippen LogP contribution >= 0.6 is 11.3 Å². The zero-order valence-electron chi connectivity index (χ0n) is 8.87. The normalized spacial score (nSPS) is 18.2. The van der Waals surface area contributed by atoms with E-state index in [2.05, 4.69) is 38.8 Å². The van der Waals surface area contributed by atoms with E-state index in [0.717, 1.165) is 16.5 Å². The van der Waals surface area contributed by atoms with E-state index < -0.39 is 0 Å². The molecule has 1 aromatic carbocycles. The second kappa shape index (κ2) is 3.27. The number of aromatic nitrogens is 4. The summed E-state index contributed by atoms with van der Waals surface area (Å²) < 4.78 is 1.74. The predicted octanol–water partition coefficient (Wildman–Crippen LogP) is 1.74. The molecule has 1 aliphatic rings. The lowest BCUT2D eigenvalue weighted by Gasteiger charge is -2.04. The molecule has 2 aromatic heterocycles. The number of fused-ring (bicyclic) bond motifs is 2. The highest BCUT2D eigenvalue weighted by atomic mass is 32.1. The molecule has 0 saturated carbocycles. The lowest BCUT2D eigenvalue weighted by molar-refractivity contribution is 0.825. The van der Waals surface area contributed by atoms with Crippen LogP contribution in [0.3, 0.4) is 0 Å². The Bertz CT molecular complexity index is 657. The molecule has 0 bridgehead atoms. The van der Waals surface area contributed by atoms with Gasteiger partial charge in [-0.15, -0.1) is 10.2 Å². The summed E-state index contributed by atoms with van der Waals surface area (Å²) >= 11 is 1.60. The molecule has 0 amide bonds. The largest absolute Gasteiger partial charge is 0.384 e. The van der Waals surface area contributed by atoms with Crippen molar-refractivity contribution in [3.05, 3.63) is 41.2 Å². The summed E-state index contributed by atoms with van der Waals surface area (Å²) in [5.74, 6) is 0.331. The first-order chi connectivity index (χ1) is 8.42. The molecule has 0 radical (unpaired) electrons. The van der Waals surface area contributed by atoms with Crippen molar-refractivity contribution in [1.82, 2.24) is 19.8 Å². The van der Waals surface area contributed by atoms with Gasteiger partial charge < -0.3 is 5.32 Å². The molecule has 17 heavy (non-hydrogen) atoms. The lowest BCUT2D eigenvalue weighted by atomic mass is 10.0. The molecule has 0 aliphatic carbocycles. The van der Waals surface area contributed by atoms with E-state index in [1.165, 1.54) is 11.3 Å². The highest BCUT2D eigenvalue weighted by Gasteiger charge is 2.26. The van der Waals surface area contributed by atoms with Gasteiger partial charge in [-0.2, -0.15) is 9.61 Å². The summed E-state index contributed by atoms with van der Waals surface area (Å²) in [5.41, 5.74) is 2.53. The van der Waals surface area contributed by atoms with Gasteiger partial charge in [0, 0.05) is 12.2 Å². The molecule has 6 heteroatoms. The fourth-order valence-electron chi connectivity index (χ4n) is 2.22. The zero-order chi connectivity index (χ0) is 11.2. The van der Waals surface area contributed by atoms with Crippen LogP contribution in [0, 0.1) is 0 Å². The summed E-state index contributed by atoms with van der Waals surface area (Å²) in [7, 11) is 0. The Morgan fingerprint density at radius 2 is 2.29 bits per heavy atom. The molecule has 3 aromatic rings. The van der Waals surface area contributed by atoms with Crippen LogP contribution in [0.25, 0.3) is 4.96 Å². The Morgan fingerprint density at radius 3 is 3.24 bits per heavy atom. The van der Waals surface area contributed by atoms with Gasteiger partial charge in [-0.1, -0.05) is 29.5 Å². The SMILES string of the molecule is c1ccc2c(c1)NCC2c1nn2cnnc2s1. The van der Waals surface area contributed by atoms with Crippen molar-refractivity contribution in [1.29, 1.82) is 0 Å². The molecule has 1 N–H and O–H groups in total. The predicted molar refractivity (Wildman–Crippen MR) is 65.4 cm³/mol. The van der Waals surface area contributed by atoms with Crippen LogP contribution in [-0.2, 0) is 0 Å². The van der Waals surface area contributed by atoms with Crippen molar-refractivity contribution in [3.8, 4) is 0 Å². The molecule has 5 nitrogen and oxygen atoms in total. The van der Waals surface area contributed by atoms with Crippen molar-refractivity contribution >= 4 is 22.0 Å². The van der Waals surface area contributed by atoms with Crippen molar-refractivity contribution in [2.45, 2.75) is 5.92 Å². The van der Waals surface area contributed by atoms with E-state index in [9.17, 15) is 0 Å². The maximum Gasteiger partial charge on any atom is 0.234 e. The van der Waals surface area contributed by atoms with Crippen LogP contribution in [0.2, 0.25) is 0 Å². The van der Waals surface area contributed by atoms with E-state index in [0.29, 0.717) is 5.92 Å². The van der Waals surface area contributed by atoms with Crippen molar-refractivity contribution < 1.29 is 0 Å². The minimum absolute atomic E-state index is 0.331. The fourth-order valence-corrected chi connectivity index (χ4v) is 3.16. The first kappa shape index (κ1) is 9.12. The standard InChI is InChI=1S/C11H9N5S/c1-2-4-9-7(3-1)8(5-12-9)10-15-16-6-13-14-11(16)17-10/h1-4,6,8,12H,5H2. The number of benzene rings is 1. The molecular formula is C11H9N5S. The maximum absolute atomic E-state index is 4.52. The second-order valence-electron chi connectivity index (χ2n) is 4.02. The van der Waals surface area contributed by atoms with Gasteiger partial charge in [-0.05, 0) is 11.6 Å². The third-order valence-electron chi connectivity index (χ3n) is 3.03. The van der Waals surface area contributed by atoms with E-state index in [4.69, 9.17) is 0 Å². The van der Waals surface area contributed by atoms with Crippen molar-refractivity contribution in [3.63, 3.8) is 0 Å². The lowest BCUT2D eigenvalue weighted by Crippen LogP contribution is -2.03. The highest BCUT2D eigenvalue weighted by Crippen LogP contribution is 2.37. The van der Waals surface area contributed by atoms with Gasteiger partial charge in [0.25, 0.3) is 0 Å². The number of anilines is 1. The van der Waals surface area contributed by atoms with Crippen LogP contribution in [0.5, 0.6) is 0 Å². The molecule has 1 aliphatic heterocycles. The molecule has 1 unspecified atom stereocenters. The highest BCUT2D eigenvalue weighted by molar-refractivity contribution is 7.16. The van der Waals surface area contributed by atoms with Crippen LogP contribution in [0.4, 0.5) is 5.69 Å². The molecule has 0 saturated heterocycles. The number of nitrogens with zero attached hydrogens (tertiary/aromatic N) is 4. The van der Waals surface area contributed by atoms with Gasteiger partial charge >= 0.3 is 0 Å². The Balaban J connectivity index is 1.84. The van der Waals surface area contributed by atoms with Crippen molar-refractivity contribution in [2.75, 3.05) is 11.9 Å². The average molecular weight is 243 g/mol. The number of nitrogens with one attached hydrogen (secondary N) is 1. The average Bonchev–Trinajstić information content (AvgIpc) is 3.01. The number of hydrogen-bond acceptors (Lipinski definition) is 5. The Kier molecular flexibility index (Phi) is 1.75. The number of rotatable bonds is 1. The second-order valence-corrected chi connectivity index (χ2v) is 5.01. The third-order valence-corrected chi connectivity index (χ3v) is 4.06. The smallest absolute Gasteiger partial charge is 0.234 e. The number of para-hydroxylation sites is 1. The molecule has 84 valence electrons. The first-order valence-electron chi connectivity index (χ1n) is 5.41. The topological polar surface area (TPSA) is 55.1 Å². The fraction of sp³-hybridized carbons (Fsp3) is 0.182. The van der Waals surface area contributed by atoms with E-state index in [1.54, 1.807) is 22.2 Å². The zero-order valence-corrected chi connectivity index (χ0v) is 9.68. The van der Waals surface area contributed by atoms with Crippen LogP contribution in [-0.4, -0.2) is 26.4 Å².